The summed E-state index contributed by atoms with van der Waals surface area (Å²) in [5.41, 5.74) is 1.56. The van der Waals surface area contributed by atoms with Crippen molar-refractivity contribution in [3.05, 3.63) is 53.1 Å². The summed E-state index contributed by atoms with van der Waals surface area (Å²) in [6.07, 6.45) is 1.75. The number of benzene rings is 1. The zero-order valence-corrected chi connectivity index (χ0v) is 13.3. The van der Waals surface area contributed by atoms with E-state index < -0.39 is 5.82 Å². The number of hydrogen-bond acceptors (Lipinski definition) is 4. The molecule has 0 radical (unpaired) electrons. The summed E-state index contributed by atoms with van der Waals surface area (Å²) >= 11 is 5.74. The van der Waals surface area contributed by atoms with E-state index in [1.807, 2.05) is 13.8 Å². The highest BCUT2D eigenvalue weighted by molar-refractivity contribution is 6.30. The lowest BCUT2D eigenvalue weighted by Gasteiger charge is -2.02. The van der Waals surface area contributed by atoms with Crippen LogP contribution in [0.2, 0.25) is 5.02 Å². The number of hydrogen-bond donors (Lipinski definition) is 1. The van der Waals surface area contributed by atoms with Gasteiger partial charge in [-0.15, -0.1) is 10.2 Å². The fourth-order valence-electron chi connectivity index (χ4n) is 2.20. The van der Waals surface area contributed by atoms with Crippen LogP contribution in [0.5, 0.6) is 5.75 Å². The molecule has 3 aromatic rings. The van der Waals surface area contributed by atoms with E-state index in [9.17, 15) is 9.50 Å². The van der Waals surface area contributed by atoms with Gasteiger partial charge in [0.1, 0.15) is 5.82 Å². The van der Waals surface area contributed by atoms with Gasteiger partial charge in [-0.2, -0.15) is 0 Å². The van der Waals surface area contributed by atoms with E-state index in [0.29, 0.717) is 22.8 Å². The van der Waals surface area contributed by atoms with Crippen molar-refractivity contribution in [3.63, 3.8) is 0 Å². The van der Waals surface area contributed by atoms with E-state index in [-0.39, 0.29) is 16.7 Å². The number of azo groups is 1. The van der Waals surface area contributed by atoms with Crippen LogP contribution in [0.25, 0.3) is 5.65 Å². The quantitative estimate of drug-likeness (QED) is 0.655. The second-order valence-corrected chi connectivity index (χ2v) is 5.77. The van der Waals surface area contributed by atoms with Crippen LogP contribution < -0.4 is 0 Å². The van der Waals surface area contributed by atoms with E-state index in [0.717, 1.165) is 0 Å². The molecule has 0 amide bonds. The zero-order chi connectivity index (χ0) is 16.6. The molecule has 0 aliphatic rings. The summed E-state index contributed by atoms with van der Waals surface area (Å²) in [4.78, 5) is 4.43. The van der Waals surface area contributed by atoms with E-state index in [4.69, 9.17) is 11.6 Å². The smallest absolute Gasteiger partial charge is 0.183 e. The van der Waals surface area contributed by atoms with Gasteiger partial charge in [0.25, 0.3) is 0 Å². The minimum absolute atomic E-state index is 0.0127. The molecule has 0 aliphatic carbocycles. The molecule has 2 aromatic heterocycles. The molecule has 2 heterocycles. The Hall–Kier alpha value is -2.47. The van der Waals surface area contributed by atoms with Crippen LogP contribution >= 0.6 is 11.6 Å². The Morgan fingerprint density at radius 3 is 2.74 bits per heavy atom. The molecule has 0 saturated carbocycles. The maximum absolute atomic E-state index is 13.2. The number of rotatable bonds is 3. The molecule has 0 saturated heterocycles. The van der Waals surface area contributed by atoms with Crippen molar-refractivity contribution >= 4 is 28.8 Å². The number of nitrogens with zero attached hydrogens (tertiary/aromatic N) is 4. The Bertz CT molecular complexity index is 904. The fourth-order valence-corrected chi connectivity index (χ4v) is 2.37. The van der Waals surface area contributed by atoms with Crippen molar-refractivity contribution in [3.8, 4) is 5.75 Å². The van der Waals surface area contributed by atoms with Crippen molar-refractivity contribution in [1.82, 2.24) is 9.38 Å². The number of pyridine rings is 1. The molecule has 3 rings (SSSR count). The highest BCUT2D eigenvalue weighted by atomic mass is 35.5. The summed E-state index contributed by atoms with van der Waals surface area (Å²) in [6.45, 7) is 3.96. The molecule has 1 N–H and O–H groups in total. The normalized spacial score (nSPS) is 11.9. The summed E-state index contributed by atoms with van der Waals surface area (Å²) in [5, 5.41) is 18.3. The largest absolute Gasteiger partial charge is 0.504 e. The molecule has 0 atom stereocenters. The average Bonchev–Trinajstić information content (AvgIpc) is 2.89. The first-order chi connectivity index (χ1) is 11.0. The molecule has 0 aliphatic heterocycles. The van der Waals surface area contributed by atoms with Crippen LogP contribution in [0.1, 0.15) is 25.5 Å². The van der Waals surface area contributed by atoms with Gasteiger partial charge >= 0.3 is 0 Å². The Balaban J connectivity index is 2.11. The zero-order valence-electron chi connectivity index (χ0n) is 12.5. The van der Waals surface area contributed by atoms with E-state index in [1.54, 1.807) is 22.7 Å². The second kappa shape index (κ2) is 5.96. The number of halogens is 2. The summed E-state index contributed by atoms with van der Waals surface area (Å²) in [5.74, 6) is 0.181. The standard InChI is InChI=1S/C16H14ClFN4O/c1-9(2)14-16(22-7-3-4-13(23)15(22)19-14)21-20-10-5-6-12(18)11(17)8-10/h3-9,23H,1-2H3. The van der Waals surface area contributed by atoms with Crippen molar-refractivity contribution in [2.45, 2.75) is 19.8 Å². The summed E-state index contributed by atoms with van der Waals surface area (Å²) in [7, 11) is 0. The molecule has 23 heavy (non-hydrogen) atoms. The second-order valence-electron chi connectivity index (χ2n) is 5.36. The van der Waals surface area contributed by atoms with Gasteiger partial charge in [0.15, 0.2) is 17.2 Å². The predicted molar refractivity (Wildman–Crippen MR) is 86.5 cm³/mol. The Labute approximate surface area is 137 Å². The molecule has 0 bridgehead atoms. The minimum atomic E-state index is -0.506. The van der Waals surface area contributed by atoms with Crippen LogP contribution in [0, 0.1) is 5.82 Å². The van der Waals surface area contributed by atoms with E-state index in [2.05, 4.69) is 15.2 Å². The fraction of sp³-hybridized carbons (Fsp3) is 0.188. The van der Waals surface area contributed by atoms with Crippen molar-refractivity contribution in [2.24, 2.45) is 10.2 Å². The molecule has 0 unspecified atom stereocenters. The van der Waals surface area contributed by atoms with Crippen LogP contribution in [0.15, 0.2) is 46.8 Å². The van der Waals surface area contributed by atoms with Gasteiger partial charge in [-0.3, -0.25) is 4.40 Å². The first kappa shape index (κ1) is 15.4. The van der Waals surface area contributed by atoms with Gasteiger partial charge in [-0.05, 0) is 36.2 Å². The molecule has 0 spiro atoms. The van der Waals surface area contributed by atoms with Crippen LogP contribution in [0.4, 0.5) is 15.9 Å². The van der Waals surface area contributed by atoms with Crippen LogP contribution in [-0.4, -0.2) is 14.5 Å². The third kappa shape index (κ3) is 2.90. The molecular formula is C16H14ClFN4O. The molecule has 1 aromatic carbocycles. The lowest BCUT2D eigenvalue weighted by atomic mass is 10.1. The first-order valence-electron chi connectivity index (χ1n) is 7.04. The van der Waals surface area contributed by atoms with Crippen molar-refractivity contribution < 1.29 is 9.50 Å². The van der Waals surface area contributed by atoms with Gasteiger partial charge in [0, 0.05) is 6.20 Å². The van der Waals surface area contributed by atoms with Gasteiger partial charge in [0.2, 0.25) is 0 Å². The average molecular weight is 333 g/mol. The van der Waals surface area contributed by atoms with Gasteiger partial charge in [0.05, 0.1) is 16.4 Å². The Morgan fingerprint density at radius 2 is 2.04 bits per heavy atom. The van der Waals surface area contributed by atoms with E-state index in [1.165, 1.54) is 18.2 Å². The van der Waals surface area contributed by atoms with Crippen LogP contribution in [0.3, 0.4) is 0 Å². The summed E-state index contributed by atoms with van der Waals surface area (Å²) in [6, 6.07) is 7.38. The predicted octanol–water partition coefficient (Wildman–Crippen LogP) is 5.37. The molecule has 0 fully saturated rings. The lowest BCUT2D eigenvalue weighted by molar-refractivity contribution is 0.477. The van der Waals surface area contributed by atoms with Gasteiger partial charge < -0.3 is 5.11 Å². The minimum Gasteiger partial charge on any atom is -0.504 e. The third-order valence-corrected chi connectivity index (χ3v) is 3.63. The Morgan fingerprint density at radius 1 is 1.26 bits per heavy atom. The lowest BCUT2D eigenvalue weighted by Crippen LogP contribution is -1.87. The third-order valence-electron chi connectivity index (χ3n) is 3.34. The Kier molecular flexibility index (Phi) is 4.00. The van der Waals surface area contributed by atoms with Crippen molar-refractivity contribution in [2.75, 3.05) is 0 Å². The van der Waals surface area contributed by atoms with Crippen LogP contribution in [-0.2, 0) is 0 Å². The topological polar surface area (TPSA) is 62.2 Å². The monoisotopic (exact) mass is 332 g/mol. The number of fused-ring (bicyclic) bond motifs is 1. The molecule has 5 nitrogen and oxygen atoms in total. The SMILES string of the molecule is CC(C)c1nc2c(O)cccn2c1N=Nc1ccc(F)c(Cl)c1. The van der Waals surface area contributed by atoms with Gasteiger partial charge in [-0.25, -0.2) is 9.37 Å². The van der Waals surface area contributed by atoms with Gasteiger partial charge in [-0.1, -0.05) is 25.4 Å². The summed E-state index contributed by atoms with van der Waals surface area (Å²) < 4.78 is 14.9. The highest BCUT2D eigenvalue weighted by Gasteiger charge is 2.16. The molecular weight excluding hydrogens is 319 g/mol. The van der Waals surface area contributed by atoms with E-state index >= 15 is 0 Å². The van der Waals surface area contributed by atoms with Crippen molar-refractivity contribution in [1.29, 1.82) is 0 Å². The number of aromatic hydroxyl groups is 1. The number of imidazole rings is 1. The first-order valence-corrected chi connectivity index (χ1v) is 7.42. The molecule has 118 valence electrons. The molecule has 7 heteroatoms. The maximum Gasteiger partial charge on any atom is 0.183 e. The maximum atomic E-state index is 13.2. The number of aromatic nitrogens is 2. The highest BCUT2D eigenvalue weighted by Crippen LogP contribution is 2.32.